The average molecular weight is 505 g/mol. The van der Waals surface area contributed by atoms with Crippen molar-refractivity contribution < 1.29 is 22.7 Å². The monoisotopic (exact) mass is 504 g/mol. The van der Waals surface area contributed by atoms with Gasteiger partial charge in [0.1, 0.15) is 17.7 Å². The molecule has 1 N–H and O–H groups in total. The van der Waals surface area contributed by atoms with Crippen LogP contribution in [0.2, 0.25) is 0 Å². The van der Waals surface area contributed by atoms with Gasteiger partial charge in [0.2, 0.25) is 0 Å². The zero-order valence-electron chi connectivity index (χ0n) is 21.2. The molecule has 36 heavy (non-hydrogen) atoms. The van der Waals surface area contributed by atoms with Crippen molar-refractivity contribution >= 4 is 5.91 Å². The minimum Gasteiger partial charge on any atom is -0.483 e. The van der Waals surface area contributed by atoms with Crippen LogP contribution >= 0.6 is 0 Å². The van der Waals surface area contributed by atoms with Gasteiger partial charge in [0, 0.05) is 18.0 Å². The Morgan fingerprint density at radius 2 is 1.75 bits per heavy atom. The Morgan fingerprint density at radius 3 is 2.31 bits per heavy atom. The molecule has 1 amide bonds. The number of alkyl halides is 3. The SMILES string of the molecule is C=C(C)C(C)(C)Oc1cc(C(=O)NC(C)c2ncnn2-c2ncccn2)cc(C(F)(F)F)c1.CCC. The van der Waals surface area contributed by atoms with E-state index in [0.29, 0.717) is 11.4 Å². The molecule has 0 saturated heterocycles. The van der Waals surface area contributed by atoms with Crippen molar-refractivity contribution in [3.8, 4) is 11.7 Å². The molecule has 1 atom stereocenters. The largest absolute Gasteiger partial charge is 0.483 e. The lowest BCUT2D eigenvalue weighted by Crippen LogP contribution is -2.31. The molecule has 0 aliphatic carbocycles. The van der Waals surface area contributed by atoms with Gasteiger partial charge >= 0.3 is 6.18 Å². The van der Waals surface area contributed by atoms with Gasteiger partial charge in [0.05, 0.1) is 11.6 Å². The molecule has 2 heterocycles. The van der Waals surface area contributed by atoms with E-state index >= 15 is 0 Å². The maximum atomic E-state index is 13.5. The third-order valence-corrected chi connectivity index (χ3v) is 4.95. The molecule has 2 aromatic heterocycles. The van der Waals surface area contributed by atoms with Gasteiger partial charge in [-0.3, -0.25) is 4.79 Å². The van der Waals surface area contributed by atoms with Crippen LogP contribution in [0.25, 0.3) is 5.95 Å². The van der Waals surface area contributed by atoms with Gasteiger partial charge in [0.15, 0.2) is 5.82 Å². The van der Waals surface area contributed by atoms with Gasteiger partial charge in [-0.25, -0.2) is 15.0 Å². The molecule has 1 unspecified atom stereocenters. The number of rotatable bonds is 7. The molecule has 0 fully saturated rings. The predicted octanol–water partition coefficient (Wildman–Crippen LogP) is 5.72. The average Bonchev–Trinajstić information content (AvgIpc) is 3.29. The van der Waals surface area contributed by atoms with Crippen molar-refractivity contribution in [3.05, 3.63) is 72.1 Å². The highest BCUT2D eigenvalue weighted by atomic mass is 19.4. The summed E-state index contributed by atoms with van der Waals surface area (Å²) >= 11 is 0. The zero-order chi connectivity index (χ0) is 27.1. The smallest absolute Gasteiger partial charge is 0.416 e. The fourth-order valence-corrected chi connectivity index (χ4v) is 2.78. The molecule has 3 aromatic rings. The van der Waals surface area contributed by atoms with Gasteiger partial charge in [-0.05, 0) is 57.5 Å². The molecule has 1 aromatic carbocycles. The lowest BCUT2D eigenvalue weighted by molar-refractivity contribution is -0.137. The van der Waals surface area contributed by atoms with Gasteiger partial charge < -0.3 is 10.1 Å². The highest BCUT2D eigenvalue weighted by Gasteiger charge is 2.33. The molecule has 0 aliphatic rings. The third kappa shape index (κ3) is 7.37. The molecular weight excluding hydrogens is 473 g/mol. The van der Waals surface area contributed by atoms with E-state index in [1.807, 2.05) is 0 Å². The Hall–Kier alpha value is -3.76. The fourth-order valence-electron chi connectivity index (χ4n) is 2.78. The fraction of sp³-hybridized carbons (Fsp3) is 0.400. The van der Waals surface area contributed by atoms with Crippen LogP contribution in [0.4, 0.5) is 13.2 Å². The van der Waals surface area contributed by atoms with Crippen LogP contribution in [0.3, 0.4) is 0 Å². The van der Waals surface area contributed by atoms with E-state index in [4.69, 9.17) is 4.74 Å². The Kier molecular flexibility index (Phi) is 9.32. The Balaban J connectivity index is 0.00000145. The first-order valence-electron chi connectivity index (χ1n) is 11.4. The van der Waals surface area contributed by atoms with Crippen molar-refractivity contribution in [2.45, 2.75) is 65.8 Å². The van der Waals surface area contributed by atoms with Gasteiger partial charge in [-0.1, -0.05) is 26.8 Å². The first-order valence-corrected chi connectivity index (χ1v) is 11.4. The van der Waals surface area contributed by atoms with Crippen molar-refractivity contribution in [1.29, 1.82) is 0 Å². The summed E-state index contributed by atoms with van der Waals surface area (Å²) in [4.78, 5) is 25.2. The summed E-state index contributed by atoms with van der Waals surface area (Å²) < 4.78 is 47.5. The van der Waals surface area contributed by atoms with Crippen LogP contribution in [-0.2, 0) is 6.18 Å². The summed E-state index contributed by atoms with van der Waals surface area (Å²) in [5.41, 5.74) is -1.54. The first kappa shape index (κ1) is 28.5. The van der Waals surface area contributed by atoms with E-state index in [9.17, 15) is 18.0 Å². The van der Waals surface area contributed by atoms with Crippen LogP contribution in [0.5, 0.6) is 5.75 Å². The van der Waals surface area contributed by atoms with E-state index in [1.165, 1.54) is 35.9 Å². The summed E-state index contributed by atoms with van der Waals surface area (Å²) in [5, 5.41) is 6.70. The maximum Gasteiger partial charge on any atom is 0.416 e. The van der Waals surface area contributed by atoms with Crippen LogP contribution in [0.15, 0.2) is 55.1 Å². The van der Waals surface area contributed by atoms with Crippen molar-refractivity contribution in [1.82, 2.24) is 30.0 Å². The van der Waals surface area contributed by atoms with Gasteiger partial charge in [-0.15, -0.1) is 0 Å². The number of ether oxygens (including phenoxy) is 1. The zero-order valence-corrected chi connectivity index (χ0v) is 21.2. The first-order chi connectivity index (χ1) is 16.8. The number of benzene rings is 1. The summed E-state index contributed by atoms with van der Waals surface area (Å²) in [5.74, 6) is -0.295. The summed E-state index contributed by atoms with van der Waals surface area (Å²) in [7, 11) is 0. The van der Waals surface area contributed by atoms with E-state index in [1.54, 1.807) is 33.8 Å². The molecule has 0 bridgehead atoms. The van der Waals surface area contributed by atoms with E-state index in [-0.39, 0.29) is 17.3 Å². The summed E-state index contributed by atoms with van der Waals surface area (Å²) in [6.07, 6.45) is 0.893. The van der Waals surface area contributed by atoms with Crippen LogP contribution in [0.1, 0.15) is 75.8 Å². The van der Waals surface area contributed by atoms with Crippen molar-refractivity contribution in [2.75, 3.05) is 0 Å². The lowest BCUT2D eigenvalue weighted by Gasteiger charge is -2.27. The predicted molar refractivity (Wildman–Crippen MR) is 130 cm³/mol. The second-order valence-electron chi connectivity index (χ2n) is 8.62. The molecule has 0 radical (unpaired) electrons. The quantitative estimate of drug-likeness (QED) is 0.414. The third-order valence-electron chi connectivity index (χ3n) is 4.95. The lowest BCUT2D eigenvalue weighted by atomic mass is 10.0. The van der Waals surface area contributed by atoms with Crippen LogP contribution < -0.4 is 10.1 Å². The Labute approximate surface area is 208 Å². The number of hydrogen-bond acceptors (Lipinski definition) is 6. The number of nitrogens with zero attached hydrogens (tertiary/aromatic N) is 5. The molecule has 0 spiro atoms. The second-order valence-corrected chi connectivity index (χ2v) is 8.62. The Bertz CT molecular complexity index is 1180. The minimum atomic E-state index is -4.67. The highest BCUT2D eigenvalue weighted by Crippen LogP contribution is 2.34. The normalized spacial score (nSPS) is 12.2. The maximum absolute atomic E-state index is 13.5. The Morgan fingerprint density at radius 1 is 1.14 bits per heavy atom. The summed E-state index contributed by atoms with van der Waals surface area (Å²) in [6, 6.07) is 3.80. The van der Waals surface area contributed by atoms with Crippen molar-refractivity contribution in [3.63, 3.8) is 0 Å². The molecule has 194 valence electrons. The summed E-state index contributed by atoms with van der Waals surface area (Å²) in [6.45, 7) is 14.7. The molecular formula is C25H31F3N6O2. The van der Waals surface area contributed by atoms with Gasteiger partial charge in [-0.2, -0.15) is 23.0 Å². The highest BCUT2D eigenvalue weighted by molar-refractivity contribution is 5.95. The minimum absolute atomic E-state index is 0.100. The molecule has 0 saturated carbocycles. The number of nitrogens with one attached hydrogen (secondary N) is 1. The van der Waals surface area contributed by atoms with E-state index in [0.717, 1.165) is 12.1 Å². The number of carbonyl (C=O) groups excluding carboxylic acids is 1. The number of aromatic nitrogens is 5. The molecule has 8 nitrogen and oxygen atoms in total. The molecule has 11 heteroatoms. The number of hydrogen-bond donors (Lipinski definition) is 1. The standard InChI is InChI=1S/C22H23F3N6O2.C3H8/c1-13(2)21(4,5)33-17-10-15(9-16(11-17)22(23,24)25)19(32)30-14(3)18-28-12-29-31(18)20-26-7-6-8-27-20;1-3-2/h6-12,14H,1H2,2-5H3,(H,30,32);3H2,1-2H3. The number of halogens is 3. The molecule has 3 rings (SSSR count). The topological polar surface area (TPSA) is 94.8 Å². The number of amides is 1. The second kappa shape index (κ2) is 11.8. The van der Waals surface area contributed by atoms with Crippen LogP contribution in [-0.4, -0.2) is 36.2 Å². The van der Waals surface area contributed by atoms with Crippen molar-refractivity contribution in [2.24, 2.45) is 0 Å². The molecule has 0 aliphatic heterocycles. The van der Waals surface area contributed by atoms with E-state index < -0.39 is 29.3 Å². The number of carbonyl (C=O) groups is 1. The van der Waals surface area contributed by atoms with Gasteiger partial charge in [0.25, 0.3) is 11.9 Å². The van der Waals surface area contributed by atoms with E-state index in [2.05, 4.69) is 45.8 Å². The van der Waals surface area contributed by atoms with Crippen LogP contribution in [0, 0.1) is 0 Å².